The Morgan fingerprint density at radius 1 is 1.12 bits per heavy atom. The van der Waals surface area contributed by atoms with Crippen molar-refractivity contribution in [3.05, 3.63) is 42.2 Å². The van der Waals surface area contributed by atoms with E-state index in [1.165, 1.54) is 18.5 Å². The summed E-state index contributed by atoms with van der Waals surface area (Å²) in [5.41, 5.74) is 5.79. The Labute approximate surface area is 90.1 Å². The number of nitrogen functional groups attached to an aromatic ring is 1. The van der Waals surface area contributed by atoms with Gasteiger partial charge in [-0.2, -0.15) is 0 Å². The van der Waals surface area contributed by atoms with Crippen LogP contribution in [0.4, 0.5) is 26.1 Å². The molecule has 0 atom stereocenters. The van der Waals surface area contributed by atoms with Crippen LogP contribution >= 0.6 is 0 Å². The van der Waals surface area contributed by atoms with Crippen molar-refractivity contribution in [1.29, 1.82) is 0 Å². The van der Waals surface area contributed by atoms with Gasteiger partial charge in [0.25, 0.3) is 0 Å². The molecule has 2 aromatic rings. The maximum Gasteiger partial charge on any atom is 0.160 e. The number of aromatic nitrogens is 2. The summed E-state index contributed by atoms with van der Waals surface area (Å²) in [7, 11) is 0. The van der Waals surface area contributed by atoms with Crippen LogP contribution < -0.4 is 11.1 Å². The van der Waals surface area contributed by atoms with Crippen LogP contribution in [0, 0.1) is 11.6 Å². The van der Waals surface area contributed by atoms with E-state index in [4.69, 9.17) is 5.73 Å². The summed E-state index contributed by atoms with van der Waals surface area (Å²) in [6.07, 6.45) is 2.81. The Balaban J connectivity index is 2.24. The molecule has 0 saturated carbocycles. The predicted molar refractivity (Wildman–Crippen MR) is 56.1 cm³/mol. The first-order valence-electron chi connectivity index (χ1n) is 4.45. The van der Waals surface area contributed by atoms with Gasteiger partial charge in [-0.25, -0.2) is 13.8 Å². The number of hydrogen-bond donors (Lipinski definition) is 2. The zero-order valence-electron chi connectivity index (χ0n) is 8.11. The molecule has 0 fully saturated rings. The van der Waals surface area contributed by atoms with Crippen LogP contribution in [0.15, 0.2) is 30.6 Å². The molecule has 1 aromatic carbocycles. The van der Waals surface area contributed by atoms with Gasteiger partial charge in [0.15, 0.2) is 17.5 Å². The number of nitrogens with one attached hydrogen (secondary N) is 1. The standard InChI is InChI=1S/C10H8F2N4/c11-7-2-1-6(3-8(7)12)15-10-5-14-4-9(13)16-10/h1-5H,(H3,13,15,16). The Hall–Kier alpha value is -2.24. The number of hydrogen-bond acceptors (Lipinski definition) is 4. The molecule has 0 aliphatic carbocycles. The van der Waals surface area contributed by atoms with E-state index in [1.54, 1.807) is 0 Å². The van der Waals surface area contributed by atoms with Gasteiger partial charge in [0, 0.05) is 11.8 Å². The van der Waals surface area contributed by atoms with E-state index in [0.717, 1.165) is 12.1 Å². The lowest BCUT2D eigenvalue weighted by atomic mass is 10.3. The van der Waals surface area contributed by atoms with Crippen LogP contribution in [0.2, 0.25) is 0 Å². The molecule has 1 aromatic heterocycles. The Bertz CT molecular complexity index is 516. The normalized spacial score (nSPS) is 10.1. The van der Waals surface area contributed by atoms with Gasteiger partial charge in [0.05, 0.1) is 12.4 Å². The molecule has 6 heteroatoms. The lowest BCUT2D eigenvalue weighted by Gasteiger charge is -2.05. The molecule has 0 aliphatic heterocycles. The average Bonchev–Trinajstić information content (AvgIpc) is 2.24. The second-order valence-corrected chi connectivity index (χ2v) is 3.08. The van der Waals surface area contributed by atoms with Crippen molar-refractivity contribution in [2.75, 3.05) is 11.1 Å². The van der Waals surface area contributed by atoms with Crippen molar-refractivity contribution in [2.45, 2.75) is 0 Å². The monoisotopic (exact) mass is 222 g/mol. The molecular formula is C10H8F2N4. The summed E-state index contributed by atoms with van der Waals surface area (Å²) in [5, 5.41) is 2.75. The fourth-order valence-electron chi connectivity index (χ4n) is 1.16. The van der Waals surface area contributed by atoms with Crippen LogP contribution in [-0.4, -0.2) is 9.97 Å². The first-order valence-corrected chi connectivity index (χ1v) is 4.45. The highest BCUT2D eigenvalue weighted by atomic mass is 19.2. The summed E-state index contributed by atoms with van der Waals surface area (Å²) in [5.74, 6) is -1.22. The van der Waals surface area contributed by atoms with E-state index < -0.39 is 11.6 Å². The fraction of sp³-hybridized carbons (Fsp3) is 0. The third kappa shape index (κ3) is 2.22. The average molecular weight is 222 g/mol. The van der Waals surface area contributed by atoms with Gasteiger partial charge < -0.3 is 11.1 Å². The zero-order chi connectivity index (χ0) is 11.5. The number of benzene rings is 1. The maximum absolute atomic E-state index is 12.9. The summed E-state index contributed by atoms with van der Waals surface area (Å²) in [6, 6.07) is 3.45. The van der Waals surface area contributed by atoms with E-state index >= 15 is 0 Å². The zero-order valence-corrected chi connectivity index (χ0v) is 8.11. The molecule has 1 heterocycles. The Morgan fingerprint density at radius 3 is 2.62 bits per heavy atom. The molecular weight excluding hydrogens is 214 g/mol. The molecule has 4 nitrogen and oxygen atoms in total. The summed E-state index contributed by atoms with van der Waals surface area (Å²) in [4.78, 5) is 7.71. The highest BCUT2D eigenvalue weighted by Gasteiger charge is 2.03. The third-order valence-corrected chi connectivity index (χ3v) is 1.85. The maximum atomic E-state index is 12.9. The van der Waals surface area contributed by atoms with E-state index in [0.29, 0.717) is 11.5 Å². The molecule has 3 N–H and O–H groups in total. The number of nitrogens with zero attached hydrogens (tertiary/aromatic N) is 2. The van der Waals surface area contributed by atoms with E-state index in [1.807, 2.05) is 0 Å². The van der Waals surface area contributed by atoms with Gasteiger partial charge in [-0.15, -0.1) is 0 Å². The van der Waals surface area contributed by atoms with Crippen LogP contribution in [0.1, 0.15) is 0 Å². The fourth-order valence-corrected chi connectivity index (χ4v) is 1.16. The van der Waals surface area contributed by atoms with E-state index in [2.05, 4.69) is 15.3 Å². The van der Waals surface area contributed by atoms with Crippen LogP contribution in [0.3, 0.4) is 0 Å². The molecule has 0 saturated heterocycles. The third-order valence-electron chi connectivity index (χ3n) is 1.85. The molecule has 0 bridgehead atoms. The minimum absolute atomic E-state index is 0.243. The number of anilines is 3. The number of rotatable bonds is 2. The molecule has 0 radical (unpaired) electrons. The second-order valence-electron chi connectivity index (χ2n) is 3.08. The van der Waals surface area contributed by atoms with Gasteiger partial charge >= 0.3 is 0 Å². The predicted octanol–water partition coefficient (Wildman–Crippen LogP) is 2.08. The first-order chi connectivity index (χ1) is 7.65. The first kappa shape index (κ1) is 10.3. The highest BCUT2D eigenvalue weighted by Crippen LogP contribution is 2.17. The Morgan fingerprint density at radius 2 is 1.94 bits per heavy atom. The second kappa shape index (κ2) is 4.09. The highest BCUT2D eigenvalue weighted by molar-refractivity contribution is 5.56. The van der Waals surface area contributed by atoms with E-state index in [9.17, 15) is 8.78 Å². The SMILES string of the molecule is Nc1cncc(Nc2ccc(F)c(F)c2)n1. The molecule has 0 spiro atoms. The van der Waals surface area contributed by atoms with Crippen molar-refractivity contribution in [3.8, 4) is 0 Å². The summed E-state index contributed by atoms with van der Waals surface area (Å²) >= 11 is 0. The van der Waals surface area contributed by atoms with Gasteiger partial charge in [0.1, 0.15) is 5.82 Å². The molecule has 0 amide bonds. The van der Waals surface area contributed by atoms with Gasteiger partial charge in [-0.1, -0.05) is 0 Å². The van der Waals surface area contributed by atoms with Crippen molar-refractivity contribution in [3.63, 3.8) is 0 Å². The minimum Gasteiger partial charge on any atom is -0.382 e. The van der Waals surface area contributed by atoms with Crippen molar-refractivity contribution < 1.29 is 8.78 Å². The van der Waals surface area contributed by atoms with Crippen molar-refractivity contribution in [2.24, 2.45) is 0 Å². The summed E-state index contributed by atoms with van der Waals surface area (Å²) < 4.78 is 25.5. The largest absolute Gasteiger partial charge is 0.382 e. The van der Waals surface area contributed by atoms with Gasteiger partial charge in [0.2, 0.25) is 0 Å². The topological polar surface area (TPSA) is 63.8 Å². The minimum atomic E-state index is -0.929. The molecule has 82 valence electrons. The smallest absolute Gasteiger partial charge is 0.160 e. The molecule has 0 unspecified atom stereocenters. The molecule has 2 rings (SSSR count). The van der Waals surface area contributed by atoms with Gasteiger partial charge in [-0.05, 0) is 12.1 Å². The lowest BCUT2D eigenvalue weighted by molar-refractivity contribution is 0.509. The number of halogens is 2. The summed E-state index contributed by atoms with van der Waals surface area (Å²) in [6.45, 7) is 0. The number of nitrogens with two attached hydrogens (primary N) is 1. The van der Waals surface area contributed by atoms with Crippen molar-refractivity contribution in [1.82, 2.24) is 9.97 Å². The Kier molecular flexibility index (Phi) is 2.63. The molecule has 16 heavy (non-hydrogen) atoms. The van der Waals surface area contributed by atoms with E-state index in [-0.39, 0.29) is 5.82 Å². The van der Waals surface area contributed by atoms with Gasteiger partial charge in [-0.3, -0.25) is 4.98 Å². The van der Waals surface area contributed by atoms with Crippen LogP contribution in [0.5, 0.6) is 0 Å². The van der Waals surface area contributed by atoms with Crippen LogP contribution in [-0.2, 0) is 0 Å². The molecule has 0 aliphatic rings. The quantitative estimate of drug-likeness (QED) is 0.816. The van der Waals surface area contributed by atoms with Crippen molar-refractivity contribution >= 4 is 17.3 Å². The lowest BCUT2D eigenvalue weighted by Crippen LogP contribution is -1.98. The van der Waals surface area contributed by atoms with Crippen LogP contribution in [0.25, 0.3) is 0 Å².